The van der Waals surface area contributed by atoms with Crippen LogP contribution in [0.5, 0.6) is 0 Å². The molecule has 2 aromatic heterocycles. The van der Waals surface area contributed by atoms with Gasteiger partial charge in [0.2, 0.25) is 0 Å². The highest BCUT2D eigenvalue weighted by Gasteiger charge is 2.09. The molecule has 4 aromatic rings. The summed E-state index contributed by atoms with van der Waals surface area (Å²) >= 11 is 0. The number of hydrogen-bond donors (Lipinski definition) is 1. The normalized spacial score (nSPS) is 10.9. The average molecular weight is 319 g/mol. The lowest BCUT2D eigenvalue weighted by molar-refractivity contribution is 0.630. The second kappa shape index (κ2) is 6.08. The van der Waals surface area contributed by atoms with Crippen molar-refractivity contribution in [3.8, 4) is 22.4 Å². The number of H-pyrrole nitrogens is 1. The van der Waals surface area contributed by atoms with Gasteiger partial charge in [0.1, 0.15) is 11.5 Å². The standard InChI is InChI=1S/C18H14FN5/c19-17-4-2-1-3-16(17)18-12-24(23-22-18)11-13-5-7-14(8-6-13)15-9-20-21-10-15/h1-10,12H,11H2,(H,20,21). The van der Waals surface area contributed by atoms with Crippen molar-refractivity contribution in [2.24, 2.45) is 0 Å². The zero-order valence-corrected chi connectivity index (χ0v) is 12.7. The monoisotopic (exact) mass is 319 g/mol. The zero-order valence-electron chi connectivity index (χ0n) is 12.7. The summed E-state index contributed by atoms with van der Waals surface area (Å²) in [6, 6.07) is 14.7. The Morgan fingerprint density at radius 2 is 1.83 bits per heavy atom. The minimum absolute atomic E-state index is 0.297. The SMILES string of the molecule is Fc1ccccc1-c1cn(Cc2ccc(-c3cn[nH]c3)cc2)nn1. The molecule has 0 radical (unpaired) electrons. The van der Waals surface area contributed by atoms with Crippen molar-refractivity contribution in [2.75, 3.05) is 0 Å². The van der Waals surface area contributed by atoms with Crippen molar-refractivity contribution in [1.82, 2.24) is 25.2 Å². The molecule has 2 aromatic carbocycles. The fourth-order valence-electron chi connectivity index (χ4n) is 2.57. The van der Waals surface area contributed by atoms with Gasteiger partial charge in [0, 0.05) is 17.3 Å². The molecule has 0 amide bonds. The van der Waals surface area contributed by atoms with Crippen LogP contribution in [0, 0.1) is 5.82 Å². The second-order valence-corrected chi connectivity index (χ2v) is 5.47. The molecular formula is C18H14FN5. The molecule has 2 heterocycles. The molecule has 24 heavy (non-hydrogen) atoms. The van der Waals surface area contributed by atoms with Crippen molar-refractivity contribution in [1.29, 1.82) is 0 Å². The first-order valence-corrected chi connectivity index (χ1v) is 7.53. The molecule has 6 heteroatoms. The van der Waals surface area contributed by atoms with Crippen molar-refractivity contribution < 1.29 is 4.39 Å². The van der Waals surface area contributed by atoms with Crippen molar-refractivity contribution in [3.05, 3.63) is 78.5 Å². The van der Waals surface area contributed by atoms with Gasteiger partial charge in [-0.25, -0.2) is 9.07 Å². The van der Waals surface area contributed by atoms with E-state index >= 15 is 0 Å². The van der Waals surface area contributed by atoms with E-state index in [0.717, 1.165) is 16.7 Å². The largest absolute Gasteiger partial charge is 0.285 e. The van der Waals surface area contributed by atoms with Crippen LogP contribution in [0.1, 0.15) is 5.56 Å². The van der Waals surface area contributed by atoms with Gasteiger partial charge in [-0.05, 0) is 23.3 Å². The number of nitrogens with zero attached hydrogens (tertiary/aromatic N) is 4. The van der Waals surface area contributed by atoms with Gasteiger partial charge in [-0.3, -0.25) is 5.10 Å². The van der Waals surface area contributed by atoms with E-state index in [-0.39, 0.29) is 5.82 Å². The summed E-state index contributed by atoms with van der Waals surface area (Å²) in [6.07, 6.45) is 5.39. The summed E-state index contributed by atoms with van der Waals surface area (Å²) in [7, 11) is 0. The predicted molar refractivity (Wildman–Crippen MR) is 88.5 cm³/mol. The highest BCUT2D eigenvalue weighted by Crippen LogP contribution is 2.21. The van der Waals surface area contributed by atoms with Gasteiger partial charge in [-0.2, -0.15) is 5.10 Å². The van der Waals surface area contributed by atoms with E-state index in [1.54, 1.807) is 35.3 Å². The highest BCUT2D eigenvalue weighted by molar-refractivity contribution is 5.61. The molecule has 118 valence electrons. The third kappa shape index (κ3) is 2.81. The van der Waals surface area contributed by atoms with Gasteiger partial charge < -0.3 is 0 Å². The Labute approximate surface area is 137 Å². The van der Waals surface area contributed by atoms with Crippen LogP contribution < -0.4 is 0 Å². The number of aromatic amines is 1. The summed E-state index contributed by atoms with van der Waals surface area (Å²) in [5, 5.41) is 14.9. The van der Waals surface area contributed by atoms with E-state index in [4.69, 9.17) is 0 Å². The minimum Gasteiger partial charge on any atom is -0.285 e. The topological polar surface area (TPSA) is 59.4 Å². The molecule has 0 atom stereocenters. The molecule has 0 aliphatic heterocycles. The summed E-state index contributed by atoms with van der Waals surface area (Å²) in [6.45, 7) is 0.577. The van der Waals surface area contributed by atoms with Gasteiger partial charge in [0.15, 0.2) is 0 Å². The lowest BCUT2D eigenvalue weighted by Gasteiger charge is -2.03. The number of aromatic nitrogens is 5. The lowest BCUT2D eigenvalue weighted by atomic mass is 10.1. The van der Waals surface area contributed by atoms with Crippen LogP contribution >= 0.6 is 0 Å². The van der Waals surface area contributed by atoms with Crippen LogP contribution in [0.4, 0.5) is 4.39 Å². The third-order valence-electron chi connectivity index (χ3n) is 3.82. The molecule has 5 nitrogen and oxygen atoms in total. The van der Waals surface area contributed by atoms with E-state index in [1.807, 2.05) is 30.5 Å². The summed E-state index contributed by atoms with van der Waals surface area (Å²) < 4.78 is 15.5. The maximum absolute atomic E-state index is 13.8. The molecule has 0 fully saturated rings. The molecule has 0 unspecified atom stereocenters. The Hall–Kier alpha value is -3.28. The molecule has 0 bridgehead atoms. The molecular weight excluding hydrogens is 305 g/mol. The molecule has 0 aliphatic rings. The fraction of sp³-hybridized carbons (Fsp3) is 0.0556. The molecule has 0 spiro atoms. The number of rotatable bonds is 4. The lowest BCUT2D eigenvalue weighted by Crippen LogP contribution is -2.00. The first-order chi connectivity index (χ1) is 11.8. The first-order valence-electron chi connectivity index (χ1n) is 7.53. The Kier molecular flexibility index (Phi) is 3.63. The summed E-state index contributed by atoms with van der Waals surface area (Å²) in [4.78, 5) is 0. The third-order valence-corrected chi connectivity index (χ3v) is 3.82. The van der Waals surface area contributed by atoms with Crippen LogP contribution in [-0.2, 0) is 6.54 Å². The summed E-state index contributed by atoms with van der Waals surface area (Å²) in [5.41, 5.74) is 4.22. The average Bonchev–Trinajstić information content (AvgIpc) is 3.28. The van der Waals surface area contributed by atoms with Crippen LogP contribution in [0.15, 0.2) is 67.1 Å². The number of halogens is 1. The quantitative estimate of drug-likeness (QED) is 0.626. The minimum atomic E-state index is -0.297. The van der Waals surface area contributed by atoms with Crippen molar-refractivity contribution >= 4 is 0 Å². The van der Waals surface area contributed by atoms with Crippen LogP contribution in [-0.4, -0.2) is 25.2 Å². The fourth-order valence-corrected chi connectivity index (χ4v) is 2.57. The smallest absolute Gasteiger partial charge is 0.132 e. The first kappa shape index (κ1) is 14.3. The number of benzene rings is 2. The van der Waals surface area contributed by atoms with Gasteiger partial charge >= 0.3 is 0 Å². The van der Waals surface area contributed by atoms with Crippen molar-refractivity contribution in [2.45, 2.75) is 6.54 Å². The van der Waals surface area contributed by atoms with Crippen LogP contribution in [0.3, 0.4) is 0 Å². The van der Waals surface area contributed by atoms with Gasteiger partial charge in [-0.15, -0.1) is 5.10 Å². The maximum Gasteiger partial charge on any atom is 0.132 e. The van der Waals surface area contributed by atoms with E-state index in [0.29, 0.717) is 17.8 Å². The van der Waals surface area contributed by atoms with Crippen molar-refractivity contribution in [3.63, 3.8) is 0 Å². The zero-order chi connectivity index (χ0) is 16.4. The van der Waals surface area contributed by atoms with E-state index < -0.39 is 0 Å². The van der Waals surface area contributed by atoms with Gasteiger partial charge in [0.05, 0.1) is 18.9 Å². The van der Waals surface area contributed by atoms with Gasteiger partial charge in [0.25, 0.3) is 0 Å². The molecule has 1 N–H and O–H groups in total. The Bertz CT molecular complexity index is 942. The van der Waals surface area contributed by atoms with Gasteiger partial charge in [-0.1, -0.05) is 41.6 Å². The van der Waals surface area contributed by atoms with E-state index in [9.17, 15) is 4.39 Å². The molecule has 0 aliphatic carbocycles. The maximum atomic E-state index is 13.8. The second-order valence-electron chi connectivity index (χ2n) is 5.47. The van der Waals surface area contributed by atoms with Crippen LogP contribution in [0.25, 0.3) is 22.4 Å². The predicted octanol–water partition coefficient (Wildman–Crippen LogP) is 3.52. The van der Waals surface area contributed by atoms with E-state index in [2.05, 4.69) is 20.5 Å². The summed E-state index contributed by atoms with van der Waals surface area (Å²) in [5.74, 6) is -0.297. The van der Waals surface area contributed by atoms with E-state index in [1.165, 1.54) is 6.07 Å². The molecule has 0 saturated heterocycles. The Morgan fingerprint density at radius 1 is 1.00 bits per heavy atom. The Morgan fingerprint density at radius 3 is 2.58 bits per heavy atom. The molecule has 0 saturated carbocycles. The number of hydrogen-bond acceptors (Lipinski definition) is 3. The Balaban J connectivity index is 1.53. The molecule has 4 rings (SSSR count). The van der Waals surface area contributed by atoms with Crippen LogP contribution in [0.2, 0.25) is 0 Å². The number of nitrogens with one attached hydrogen (secondary N) is 1. The highest BCUT2D eigenvalue weighted by atomic mass is 19.1.